The number of hydroxylamine groups is 1. The van der Waals surface area contributed by atoms with E-state index in [2.05, 4.69) is 9.82 Å². The van der Waals surface area contributed by atoms with Gasteiger partial charge in [0.15, 0.2) is 0 Å². The summed E-state index contributed by atoms with van der Waals surface area (Å²) in [5.41, 5.74) is 7.60. The highest BCUT2D eigenvalue weighted by Gasteiger charge is 2.11. The summed E-state index contributed by atoms with van der Waals surface area (Å²) in [4.78, 5) is 30.3. The molecule has 0 radical (unpaired) electrons. The third kappa shape index (κ3) is 2.94. The van der Waals surface area contributed by atoms with Crippen LogP contribution in [0.5, 0.6) is 0 Å². The van der Waals surface area contributed by atoms with E-state index in [1.807, 2.05) is 5.48 Å². The van der Waals surface area contributed by atoms with E-state index in [9.17, 15) is 9.59 Å². The summed E-state index contributed by atoms with van der Waals surface area (Å²) in [6.07, 6.45) is 1.65. The van der Waals surface area contributed by atoms with Crippen molar-refractivity contribution < 1.29 is 14.4 Å². The molecule has 0 saturated heterocycles. The smallest absolute Gasteiger partial charge is 0.331 e. The van der Waals surface area contributed by atoms with Crippen LogP contribution in [0.4, 0.5) is 5.82 Å². The maximum Gasteiger partial charge on any atom is 0.331 e. The van der Waals surface area contributed by atoms with Crippen molar-refractivity contribution in [3.8, 4) is 0 Å². The van der Waals surface area contributed by atoms with Crippen LogP contribution in [-0.4, -0.2) is 16.9 Å². The lowest BCUT2D eigenvalue weighted by Gasteiger charge is -2.05. The Kier molecular flexibility index (Phi) is 3.61. The van der Waals surface area contributed by atoms with Gasteiger partial charge in [-0.3, -0.25) is 4.79 Å². The molecule has 0 bridgehead atoms. The molecule has 0 atom stereocenters. The minimum absolute atomic E-state index is 0.0857. The summed E-state index contributed by atoms with van der Waals surface area (Å²) in [5, 5.41) is 0. The number of carbonyl (C=O) groups excluding carboxylic acids is 2. The summed E-state index contributed by atoms with van der Waals surface area (Å²) in [5.74, 6) is -1.03. The third-order valence-corrected chi connectivity index (χ3v) is 1.63. The lowest BCUT2D eigenvalue weighted by Crippen LogP contribution is -2.27. The van der Waals surface area contributed by atoms with Gasteiger partial charge in [-0.25, -0.2) is 9.78 Å². The fourth-order valence-corrected chi connectivity index (χ4v) is 0.840. The Morgan fingerprint density at radius 1 is 1.60 bits per heavy atom. The van der Waals surface area contributed by atoms with Crippen molar-refractivity contribution in [2.45, 2.75) is 13.3 Å². The molecule has 1 heterocycles. The molecule has 3 N–H and O–H groups in total. The highest BCUT2D eigenvalue weighted by Crippen LogP contribution is 2.05. The van der Waals surface area contributed by atoms with Crippen molar-refractivity contribution in [3.05, 3.63) is 23.9 Å². The van der Waals surface area contributed by atoms with E-state index in [0.717, 1.165) is 0 Å². The average Bonchev–Trinajstić information content (AvgIpc) is 2.26. The Hall–Kier alpha value is -2.11. The maximum absolute atomic E-state index is 11.4. The van der Waals surface area contributed by atoms with Crippen molar-refractivity contribution >= 4 is 17.7 Å². The normalized spacial score (nSPS) is 9.40. The van der Waals surface area contributed by atoms with E-state index in [-0.39, 0.29) is 17.8 Å². The zero-order chi connectivity index (χ0) is 11.3. The van der Waals surface area contributed by atoms with Crippen molar-refractivity contribution in [1.82, 2.24) is 10.5 Å². The first-order chi connectivity index (χ1) is 7.15. The Bertz CT molecular complexity index is 379. The first kappa shape index (κ1) is 11.0. The van der Waals surface area contributed by atoms with Gasteiger partial charge in [-0.05, 0) is 12.1 Å². The monoisotopic (exact) mass is 209 g/mol. The molecule has 80 valence electrons. The second-order valence-corrected chi connectivity index (χ2v) is 2.70. The zero-order valence-electron chi connectivity index (χ0n) is 8.19. The number of aromatic nitrogens is 1. The van der Waals surface area contributed by atoms with Gasteiger partial charge in [0.25, 0.3) is 5.91 Å². The largest absolute Gasteiger partial charge is 0.383 e. The Morgan fingerprint density at radius 2 is 2.33 bits per heavy atom. The maximum atomic E-state index is 11.4. The zero-order valence-corrected chi connectivity index (χ0v) is 8.19. The predicted octanol–water partition coefficient (Wildman–Crippen LogP) is 0.262. The van der Waals surface area contributed by atoms with Crippen LogP contribution in [0.1, 0.15) is 23.7 Å². The molecule has 0 aromatic carbocycles. The van der Waals surface area contributed by atoms with Crippen LogP contribution in [0.3, 0.4) is 0 Å². The molecule has 6 heteroatoms. The van der Waals surface area contributed by atoms with Crippen molar-refractivity contribution in [1.29, 1.82) is 0 Å². The van der Waals surface area contributed by atoms with Crippen LogP contribution in [0.2, 0.25) is 0 Å². The third-order valence-electron chi connectivity index (χ3n) is 1.63. The lowest BCUT2D eigenvalue weighted by atomic mass is 10.2. The van der Waals surface area contributed by atoms with Crippen molar-refractivity contribution in [3.63, 3.8) is 0 Å². The minimum atomic E-state index is -0.595. The van der Waals surface area contributed by atoms with Gasteiger partial charge >= 0.3 is 5.97 Å². The highest BCUT2D eigenvalue weighted by molar-refractivity contribution is 5.98. The Labute approximate surface area is 86.4 Å². The number of amides is 1. The number of rotatable bonds is 2. The quantitative estimate of drug-likeness (QED) is 0.681. The number of nitrogens with zero attached hydrogens (tertiary/aromatic N) is 1. The van der Waals surface area contributed by atoms with Gasteiger partial charge in [0.2, 0.25) is 0 Å². The predicted molar refractivity (Wildman–Crippen MR) is 52.5 cm³/mol. The molecule has 6 nitrogen and oxygen atoms in total. The van der Waals surface area contributed by atoms with Gasteiger partial charge in [0.1, 0.15) is 5.82 Å². The van der Waals surface area contributed by atoms with Gasteiger partial charge < -0.3 is 10.6 Å². The van der Waals surface area contributed by atoms with Crippen LogP contribution in [-0.2, 0) is 9.63 Å². The molecule has 0 aliphatic rings. The summed E-state index contributed by atoms with van der Waals surface area (Å²) in [7, 11) is 0. The highest BCUT2D eigenvalue weighted by atomic mass is 16.7. The molecular weight excluding hydrogens is 198 g/mol. The van der Waals surface area contributed by atoms with E-state index in [4.69, 9.17) is 5.73 Å². The number of nitrogens with one attached hydrogen (secondary N) is 1. The van der Waals surface area contributed by atoms with Crippen molar-refractivity contribution in [2.24, 2.45) is 0 Å². The lowest BCUT2D eigenvalue weighted by molar-refractivity contribution is -0.148. The summed E-state index contributed by atoms with van der Waals surface area (Å²) >= 11 is 0. The van der Waals surface area contributed by atoms with Crippen LogP contribution < -0.4 is 11.2 Å². The number of hydrogen-bond donors (Lipinski definition) is 2. The standard InChI is InChI=1S/C9H11N3O3/c1-2-7(13)15-12-9(14)6-4-3-5-11-8(6)10/h3-5H,2H2,1H3,(H2,10,11)(H,12,14). The second kappa shape index (κ2) is 4.94. The number of nitrogen functional groups attached to an aromatic ring is 1. The molecule has 0 saturated carbocycles. The van der Waals surface area contributed by atoms with E-state index in [1.165, 1.54) is 12.3 Å². The summed E-state index contributed by atoms with van der Waals surface area (Å²) in [6.45, 7) is 1.62. The number of nitrogens with two attached hydrogens (primary N) is 1. The first-order valence-corrected chi connectivity index (χ1v) is 4.35. The first-order valence-electron chi connectivity index (χ1n) is 4.35. The average molecular weight is 209 g/mol. The van der Waals surface area contributed by atoms with E-state index in [0.29, 0.717) is 0 Å². The fraction of sp³-hybridized carbons (Fsp3) is 0.222. The summed E-state index contributed by atoms with van der Waals surface area (Å²) < 4.78 is 0. The molecule has 1 rings (SSSR count). The van der Waals surface area contributed by atoms with Crippen molar-refractivity contribution in [2.75, 3.05) is 5.73 Å². The minimum Gasteiger partial charge on any atom is -0.383 e. The second-order valence-electron chi connectivity index (χ2n) is 2.70. The molecule has 0 unspecified atom stereocenters. The molecule has 1 amide bonds. The fourth-order valence-electron chi connectivity index (χ4n) is 0.840. The number of anilines is 1. The molecular formula is C9H11N3O3. The molecule has 0 aliphatic carbocycles. The van der Waals surface area contributed by atoms with Crippen LogP contribution >= 0.6 is 0 Å². The molecule has 15 heavy (non-hydrogen) atoms. The van der Waals surface area contributed by atoms with Gasteiger partial charge in [0.05, 0.1) is 5.56 Å². The molecule has 1 aromatic heterocycles. The van der Waals surface area contributed by atoms with Gasteiger partial charge in [-0.15, -0.1) is 0 Å². The molecule has 1 aromatic rings. The molecule has 0 aliphatic heterocycles. The SMILES string of the molecule is CCC(=O)ONC(=O)c1cccnc1N. The Balaban J connectivity index is 2.62. The van der Waals surface area contributed by atoms with Gasteiger partial charge in [-0.2, -0.15) is 5.48 Å². The Morgan fingerprint density at radius 3 is 2.93 bits per heavy atom. The number of pyridine rings is 1. The topological polar surface area (TPSA) is 94.3 Å². The van der Waals surface area contributed by atoms with Gasteiger partial charge in [-0.1, -0.05) is 6.92 Å². The van der Waals surface area contributed by atoms with E-state index >= 15 is 0 Å². The van der Waals surface area contributed by atoms with Crippen LogP contribution in [0.15, 0.2) is 18.3 Å². The number of carbonyl (C=O) groups is 2. The van der Waals surface area contributed by atoms with Gasteiger partial charge in [0, 0.05) is 12.6 Å². The van der Waals surface area contributed by atoms with Crippen LogP contribution in [0.25, 0.3) is 0 Å². The molecule has 0 spiro atoms. The number of hydrogen-bond acceptors (Lipinski definition) is 5. The molecule has 0 fully saturated rings. The van der Waals surface area contributed by atoms with E-state index in [1.54, 1.807) is 13.0 Å². The van der Waals surface area contributed by atoms with E-state index < -0.39 is 11.9 Å². The summed E-state index contributed by atoms with van der Waals surface area (Å²) in [6, 6.07) is 3.05. The van der Waals surface area contributed by atoms with Crippen LogP contribution in [0, 0.1) is 0 Å².